The molecule has 2 aliphatic heterocycles. The molecule has 0 saturated carbocycles. The van der Waals surface area contributed by atoms with Crippen LogP contribution in [0, 0.1) is 0 Å². The summed E-state index contributed by atoms with van der Waals surface area (Å²) in [6.45, 7) is 1.06. The lowest BCUT2D eigenvalue weighted by Crippen LogP contribution is -2.45. The lowest BCUT2D eigenvalue weighted by atomic mass is 10.0. The number of likely N-dealkylation sites (tertiary alicyclic amines) is 1. The molecule has 1 aromatic carbocycles. The molecule has 4 rings (SSSR count). The zero-order valence-corrected chi connectivity index (χ0v) is 15.8. The van der Waals surface area contributed by atoms with Crippen LogP contribution < -0.4 is 5.01 Å². The summed E-state index contributed by atoms with van der Waals surface area (Å²) in [5.41, 5.74) is 1.19. The molecular formula is C20H21N5O4. The van der Waals surface area contributed by atoms with Gasteiger partial charge in [0, 0.05) is 32.1 Å². The van der Waals surface area contributed by atoms with Crippen LogP contribution in [0.1, 0.15) is 42.1 Å². The first-order valence-corrected chi connectivity index (χ1v) is 9.55. The molecule has 3 heterocycles. The number of hydrogen-bond donors (Lipinski definition) is 1. The maximum Gasteiger partial charge on any atom is 0.338 e. The molecule has 150 valence electrons. The van der Waals surface area contributed by atoms with Crippen molar-refractivity contribution in [3.8, 4) is 0 Å². The first-order chi connectivity index (χ1) is 14.0. The number of rotatable bonds is 4. The number of carboxylic acids is 1. The van der Waals surface area contributed by atoms with Crippen LogP contribution in [0.4, 0.5) is 5.69 Å². The third-order valence-electron chi connectivity index (χ3n) is 5.25. The van der Waals surface area contributed by atoms with Crippen molar-refractivity contribution in [2.75, 3.05) is 18.1 Å². The van der Waals surface area contributed by atoms with Gasteiger partial charge in [-0.2, -0.15) is 10.2 Å². The molecule has 0 unspecified atom stereocenters. The van der Waals surface area contributed by atoms with Gasteiger partial charge in [0.15, 0.2) is 0 Å². The number of carbonyl (C=O) groups excluding carboxylic acids is 2. The van der Waals surface area contributed by atoms with Gasteiger partial charge in [0.1, 0.15) is 5.71 Å². The number of benzene rings is 1. The number of carbonyl (C=O) groups is 3. The third-order valence-corrected chi connectivity index (χ3v) is 5.25. The van der Waals surface area contributed by atoms with E-state index in [-0.39, 0.29) is 29.8 Å². The van der Waals surface area contributed by atoms with Gasteiger partial charge >= 0.3 is 5.97 Å². The van der Waals surface area contributed by atoms with Gasteiger partial charge < -0.3 is 10.0 Å². The van der Waals surface area contributed by atoms with E-state index in [1.807, 2.05) is 18.2 Å². The van der Waals surface area contributed by atoms with Crippen molar-refractivity contribution >= 4 is 29.2 Å². The summed E-state index contributed by atoms with van der Waals surface area (Å²) in [6, 6.07) is 9.14. The van der Waals surface area contributed by atoms with E-state index in [1.54, 1.807) is 21.7 Å². The standard InChI is InChI=1S/C20H21N5O4/c26-18-7-6-17(22-25(18)16-4-2-1-3-5-16)19(27)23-10-8-15(9-11-23)24-13-14(12-21-24)20(28)29/h1-5,12-13,15H,6-11H2,(H,28,29). The highest BCUT2D eigenvalue weighted by atomic mass is 16.4. The van der Waals surface area contributed by atoms with Crippen LogP contribution in [0.5, 0.6) is 0 Å². The number of amides is 2. The minimum Gasteiger partial charge on any atom is -0.478 e. The quantitative estimate of drug-likeness (QED) is 0.851. The van der Waals surface area contributed by atoms with E-state index < -0.39 is 5.97 Å². The maximum atomic E-state index is 12.9. The van der Waals surface area contributed by atoms with E-state index in [1.165, 1.54) is 17.4 Å². The van der Waals surface area contributed by atoms with Crippen molar-refractivity contribution in [2.24, 2.45) is 5.10 Å². The molecule has 9 heteroatoms. The SMILES string of the molecule is O=C(O)c1cnn(C2CCN(C(=O)C3=NN(c4ccccc4)C(=O)CC3)CC2)c1. The molecule has 0 radical (unpaired) electrons. The minimum atomic E-state index is -1.00. The highest BCUT2D eigenvalue weighted by Gasteiger charge is 2.31. The van der Waals surface area contributed by atoms with Gasteiger partial charge in [-0.25, -0.2) is 9.80 Å². The van der Waals surface area contributed by atoms with E-state index in [2.05, 4.69) is 10.2 Å². The zero-order valence-electron chi connectivity index (χ0n) is 15.8. The second-order valence-corrected chi connectivity index (χ2v) is 7.13. The van der Waals surface area contributed by atoms with Crippen molar-refractivity contribution < 1.29 is 19.5 Å². The summed E-state index contributed by atoms with van der Waals surface area (Å²) in [4.78, 5) is 37.9. The van der Waals surface area contributed by atoms with Crippen molar-refractivity contribution in [2.45, 2.75) is 31.7 Å². The van der Waals surface area contributed by atoms with Crippen LogP contribution in [0.3, 0.4) is 0 Å². The number of piperidine rings is 1. The van der Waals surface area contributed by atoms with Crippen LogP contribution in [0.25, 0.3) is 0 Å². The Morgan fingerprint density at radius 3 is 2.45 bits per heavy atom. The number of anilines is 1. The molecule has 1 aromatic heterocycles. The molecule has 0 spiro atoms. The number of carboxylic acid groups (broad SMARTS) is 1. The second-order valence-electron chi connectivity index (χ2n) is 7.13. The van der Waals surface area contributed by atoms with Crippen LogP contribution >= 0.6 is 0 Å². The van der Waals surface area contributed by atoms with Crippen LogP contribution in [0.2, 0.25) is 0 Å². The Labute approximate surface area is 167 Å². The summed E-state index contributed by atoms with van der Waals surface area (Å²) < 4.78 is 1.67. The Morgan fingerprint density at radius 2 is 1.79 bits per heavy atom. The molecule has 9 nitrogen and oxygen atoms in total. The number of aromatic nitrogens is 2. The maximum absolute atomic E-state index is 12.9. The monoisotopic (exact) mass is 395 g/mol. The summed E-state index contributed by atoms with van der Waals surface area (Å²) >= 11 is 0. The Hall–Kier alpha value is -3.49. The van der Waals surface area contributed by atoms with Crippen molar-refractivity contribution in [1.82, 2.24) is 14.7 Å². The van der Waals surface area contributed by atoms with Gasteiger partial charge in [-0.15, -0.1) is 0 Å². The third kappa shape index (κ3) is 3.89. The largest absolute Gasteiger partial charge is 0.478 e. The Balaban J connectivity index is 1.42. The first-order valence-electron chi connectivity index (χ1n) is 9.55. The highest BCUT2D eigenvalue weighted by molar-refractivity contribution is 6.40. The molecule has 29 heavy (non-hydrogen) atoms. The molecule has 0 atom stereocenters. The van der Waals surface area contributed by atoms with E-state index in [4.69, 9.17) is 5.11 Å². The lowest BCUT2D eigenvalue weighted by molar-refractivity contribution is -0.125. The Morgan fingerprint density at radius 1 is 1.07 bits per heavy atom. The highest BCUT2D eigenvalue weighted by Crippen LogP contribution is 2.24. The summed E-state index contributed by atoms with van der Waals surface area (Å²) in [5.74, 6) is -1.28. The van der Waals surface area contributed by atoms with Crippen LogP contribution in [-0.4, -0.2) is 56.4 Å². The van der Waals surface area contributed by atoms with Gasteiger partial charge in [-0.05, 0) is 25.0 Å². The lowest BCUT2D eigenvalue weighted by Gasteiger charge is -2.33. The Kier molecular flexibility index (Phi) is 5.11. The van der Waals surface area contributed by atoms with Crippen molar-refractivity contribution in [3.05, 3.63) is 48.3 Å². The zero-order chi connectivity index (χ0) is 20.4. The molecule has 2 amide bonds. The normalized spacial score (nSPS) is 17.9. The average Bonchev–Trinajstić information content (AvgIpc) is 3.25. The second kappa shape index (κ2) is 7.86. The fourth-order valence-corrected chi connectivity index (χ4v) is 3.64. The topological polar surface area (TPSA) is 108 Å². The average molecular weight is 395 g/mol. The summed E-state index contributed by atoms with van der Waals surface area (Å²) in [7, 11) is 0. The number of hydrazone groups is 1. The number of para-hydroxylation sites is 1. The van der Waals surface area contributed by atoms with Crippen LogP contribution in [-0.2, 0) is 9.59 Å². The fourth-order valence-electron chi connectivity index (χ4n) is 3.64. The van der Waals surface area contributed by atoms with Gasteiger partial charge in [-0.3, -0.25) is 14.3 Å². The Bertz CT molecular complexity index is 960. The molecule has 2 aliphatic rings. The van der Waals surface area contributed by atoms with Gasteiger partial charge in [0.25, 0.3) is 5.91 Å². The van der Waals surface area contributed by atoms with Gasteiger partial charge in [0.2, 0.25) is 5.91 Å². The minimum absolute atomic E-state index is 0.0582. The van der Waals surface area contributed by atoms with Gasteiger partial charge in [0.05, 0.1) is 23.5 Å². The number of nitrogens with zero attached hydrogens (tertiary/aromatic N) is 5. The predicted octanol–water partition coefficient (Wildman–Crippen LogP) is 1.93. The number of aromatic carboxylic acids is 1. The number of hydrogen-bond acceptors (Lipinski definition) is 5. The summed E-state index contributed by atoms with van der Waals surface area (Å²) in [6.07, 6.45) is 4.82. The van der Waals surface area contributed by atoms with Crippen molar-refractivity contribution in [1.29, 1.82) is 0 Å². The van der Waals surface area contributed by atoms with E-state index in [0.29, 0.717) is 43.8 Å². The molecule has 0 bridgehead atoms. The van der Waals surface area contributed by atoms with E-state index in [0.717, 1.165) is 0 Å². The fraction of sp³-hybridized carbons (Fsp3) is 0.350. The molecule has 0 aliphatic carbocycles. The molecule has 1 N–H and O–H groups in total. The smallest absolute Gasteiger partial charge is 0.338 e. The van der Waals surface area contributed by atoms with E-state index >= 15 is 0 Å². The predicted molar refractivity (Wildman–Crippen MR) is 105 cm³/mol. The molecule has 1 saturated heterocycles. The van der Waals surface area contributed by atoms with Crippen LogP contribution in [0.15, 0.2) is 47.8 Å². The molecular weight excluding hydrogens is 374 g/mol. The molecule has 2 aromatic rings. The molecule has 1 fully saturated rings. The summed E-state index contributed by atoms with van der Waals surface area (Å²) in [5, 5.41) is 18.8. The first kappa shape index (κ1) is 18.9. The van der Waals surface area contributed by atoms with Gasteiger partial charge in [-0.1, -0.05) is 18.2 Å². The van der Waals surface area contributed by atoms with Crippen molar-refractivity contribution in [3.63, 3.8) is 0 Å². The van der Waals surface area contributed by atoms with E-state index in [9.17, 15) is 14.4 Å².